The molecule has 0 spiro atoms. The van der Waals surface area contributed by atoms with Gasteiger partial charge in [-0.05, 0) is 23.8 Å². The molecule has 0 atom stereocenters. The Labute approximate surface area is 132 Å². The molecule has 1 aromatic carbocycles. The van der Waals surface area contributed by atoms with Gasteiger partial charge in [-0.15, -0.1) is 0 Å². The lowest BCUT2D eigenvalue weighted by Gasteiger charge is -2.13. The van der Waals surface area contributed by atoms with Crippen molar-refractivity contribution in [2.45, 2.75) is 19.1 Å². The molecule has 0 aliphatic heterocycles. The summed E-state index contributed by atoms with van der Waals surface area (Å²) in [6.07, 6.45) is -1.55. The smallest absolute Gasteiger partial charge is 0.356 e. The van der Waals surface area contributed by atoms with E-state index in [0.29, 0.717) is 12.5 Å². The van der Waals surface area contributed by atoms with Crippen LogP contribution in [-0.4, -0.2) is 35.5 Å². The normalized spacial score (nSPS) is 12.3. The highest BCUT2D eigenvalue weighted by atomic mass is 19.4. The van der Waals surface area contributed by atoms with E-state index in [1.807, 2.05) is 36.5 Å². The minimum Gasteiger partial charge on any atom is -0.356 e. The van der Waals surface area contributed by atoms with Crippen LogP contribution in [0.5, 0.6) is 0 Å². The van der Waals surface area contributed by atoms with E-state index >= 15 is 0 Å². The van der Waals surface area contributed by atoms with Crippen LogP contribution in [0.1, 0.15) is 12.0 Å². The Morgan fingerprint density at radius 1 is 1.26 bits per heavy atom. The van der Waals surface area contributed by atoms with E-state index in [1.165, 1.54) is 7.05 Å². The Morgan fingerprint density at radius 3 is 2.74 bits per heavy atom. The maximum atomic E-state index is 12.1. The van der Waals surface area contributed by atoms with E-state index < -0.39 is 12.6 Å². The van der Waals surface area contributed by atoms with Crippen molar-refractivity contribution in [1.29, 1.82) is 0 Å². The molecule has 124 valence electrons. The van der Waals surface area contributed by atoms with Gasteiger partial charge in [0.25, 0.3) is 0 Å². The van der Waals surface area contributed by atoms with Crippen LogP contribution in [-0.2, 0) is 6.54 Å². The Hall–Kier alpha value is -2.51. The zero-order valence-electron chi connectivity index (χ0n) is 12.6. The monoisotopic (exact) mass is 325 g/mol. The van der Waals surface area contributed by atoms with Crippen LogP contribution >= 0.6 is 0 Å². The zero-order chi connectivity index (χ0) is 16.7. The Morgan fingerprint density at radius 2 is 2.09 bits per heavy atom. The van der Waals surface area contributed by atoms with Crippen molar-refractivity contribution in [3.8, 4) is 5.69 Å². The highest BCUT2D eigenvalue weighted by Gasteiger charge is 2.26. The van der Waals surface area contributed by atoms with E-state index in [4.69, 9.17) is 0 Å². The molecule has 0 bridgehead atoms. The molecule has 0 saturated heterocycles. The Bertz CT molecular complexity index is 635. The van der Waals surface area contributed by atoms with Crippen molar-refractivity contribution >= 4 is 5.96 Å². The van der Waals surface area contributed by atoms with Crippen molar-refractivity contribution in [3.63, 3.8) is 0 Å². The molecule has 1 heterocycles. The highest BCUT2D eigenvalue weighted by Crippen LogP contribution is 2.18. The Balaban J connectivity index is 1.88. The molecule has 2 N–H and O–H groups in total. The molecule has 2 aromatic rings. The first kappa shape index (κ1) is 16.9. The number of nitrogens with zero attached hydrogens (tertiary/aromatic N) is 3. The van der Waals surface area contributed by atoms with Gasteiger partial charge >= 0.3 is 6.18 Å². The number of hydrogen-bond acceptors (Lipinski definition) is 2. The molecule has 2 rings (SSSR count). The maximum Gasteiger partial charge on any atom is 0.390 e. The summed E-state index contributed by atoms with van der Waals surface area (Å²) >= 11 is 0. The third-order valence-electron chi connectivity index (χ3n) is 3.06. The topological polar surface area (TPSA) is 54.2 Å². The summed E-state index contributed by atoms with van der Waals surface area (Å²) in [4.78, 5) is 3.90. The molecular formula is C15H18F3N5. The SMILES string of the molecule is CN=C(NCCC(F)(F)F)NCc1cccc(-n2cccn2)c1. The van der Waals surface area contributed by atoms with Crippen LogP contribution in [0.2, 0.25) is 0 Å². The first-order valence-electron chi connectivity index (χ1n) is 7.08. The summed E-state index contributed by atoms with van der Waals surface area (Å²) in [6, 6.07) is 9.52. The summed E-state index contributed by atoms with van der Waals surface area (Å²) < 4.78 is 38.1. The van der Waals surface area contributed by atoms with Gasteiger partial charge in [0.05, 0.1) is 12.1 Å². The number of aromatic nitrogens is 2. The van der Waals surface area contributed by atoms with Crippen LogP contribution in [0.3, 0.4) is 0 Å². The molecule has 0 amide bonds. The van der Waals surface area contributed by atoms with Crippen molar-refractivity contribution < 1.29 is 13.2 Å². The number of benzene rings is 1. The molecule has 0 aliphatic rings. The fourth-order valence-electron chi connectivity index (χ4n) is 1.96. The van der Waals surface area contributed by atoms with Crippen molar-refractivity contribution in [3.05, 3.63) is 48.3 Å². The largest absolute Gasteiger partial charge is 0.390 e. The molecule has 23 heavy (non-hydrogen) atoms. The molecule has 0 saturated carbocycles. The van der Waals surface area contributed by atoms with Crippen LogP contribution in [0.15, 0.2) is 47.7 Å². The number of rotatable bonds is 5. The van der Waals surface area contributed by atoms with Crippen LogP contribution < -0.4 is 10.6 Å². The van der Waals surface area contributed by atoms with Gasteiger partial charge in [-0.25, -0.2) is 4.68 Å². The van der Waals surface area contributed by atoms with Gasteiger partial charge < -0.3 is 10.6 Å². The molecule has 0 fully saturated rings. The second kappa shape index (κ2) is 7.66. The summed E-state index contributed by atoms with van der Waals surface area (Å²) in [5, 5.41) is 9.78. The average Bonchev–Trinajstić information content (AvgIpc) is 3.04. The maximum absolute atomic E-state index is 12.1. The molecule has 0 unspecified atom stereocenters. The summed E-state index contributed by atoms with van der Waals surface area (Å²) in [5.74, 6) is 0.332. The van der Waals surface area contributed by atoms with Crippen LogP contribution in [0.4, 0.5) is 13.2 Å². The van der Waals surface area contributed by atoms with Gasteiger partial charge in [0.1, 0.15) is 0 Å². The summed E-state index contributed by atoms with van der Waals surface area (Å²) in [6.45, 7) is 0.233. The first-order chi connectivity index (χ1) is 11.0. The molecule has 1 aromatic heterocycles. The fraction of sp³-hybridized carbons (Fsp3) is 0.333. The van der Waals surface area contributed by atoms with E-state index in [9.17, 15) is 13.2 Å². The molecular weight excluding hydrogens is 307 g/mol. The number of hydrogen-bond donors (Lipinski definition) is 2. The minimum atomic E-state index is -4.18. The van der Waals surface area contributed by atoms with Gasteiger partial charge in [0.2, 0.25) is 0 Å². The molecule has 0 aliphatic carbocycles. The van der Waals surface area contributed by atoms with E-state index in [-0.39, 0.29) is 6.54 Å². The second-order valence-electron chi connectivity index (χ2n) is 4.84. The standard InChI is InChI=1S/C15H18F3N5/c1-19-14(20-8-6-15(16,17)18)21-11-12-4-2-5-13(10-12)23-9-3-7-22-23/h2-5,7,9-10H,6,8,11H2,1H3,(H2,19,20,21). The minimum absolute atomic E-state index is 0.212. The summed E-state index contributed by atoms with van der Waals surface area (Å²) in [5.41, 5.74) is 1.88. The predicted octanol–water partition coefficient (Wildman–Crippen LogP) is 2.49. The first-order valence-corrected chi connectivity index (χ1v) is 7.08. The third-order valence-corrected chi connectivity index (χ3v) is 3.06. The number of nitrogens with one attached hydrogen (secondary N) is 2. The fourth-order valence-corrected chi connectivity index (χ4v) is 1.96. The van der Waals surface area contributed by atoms with Gasteiger partial charge in [0.15, 0.2) is 5.96 Å². The van der Waals surface area contributed by atoms with Crippen molar-refractivity contribution in [2.75, 3.05) is 13.6 Å². The summed E-state index contributed by atoms with van der Waals surface area (Å²) in [7, 11) is 1.52. The average molecular weight is 325 g/mol. The number of alkyl halides is 3. The van der Waals surface area contributed by atoms with Gasteiger partial charge in [-0.2, -0.15) is 18.3 Å². The number of aliphatic imine (C=N–C) groups is 1. The quantitative estimate of drug-likeness (QED) is 0.656. The second-order valence-corrected chi connectivity index (χ2v) is 4.84. The van der Waals surface area contributed by atoms with Gasteiger partial charge in [-0.3, -0.25) is 4.99 Å². The van der Waals surface area contributed by atoms with Gasteiger partial charge in [-0.1, -0.05) is 12.1 Å². The van der Waals surface area contributed by atoms with Crippen LogP contribution in [0.25, 0.3) is 5.69 Å². The third kappa shape index (κ3) is 5.65. The van der Waals surface area contributed by atoms with E-state index in [2.05, 4.69) is 20.7 Å². The molecule has 8 heteroatoms. The Kier molecular flexibility index (Phi) is 5.61. The van der Waals surface area contributed by atoms with Crippen LogP contribution in [0, 0.1) is 0 Å². The van der Waals surface area contributed by atoms with E-state index in [1.54, 1.807) is 10.9 Å². The molecule has 5 nitrogen and oxygen atoms in total. The molecule has 0 radical (unpaired) electrons. The van der Waals surface area contributed by atoms with Crippen molar-refractivity contribution in [2.24, 2.45) is 4.99 Å². The lowest BCUT2D eigenvalue weighted by Crippen LogP contribution is -2.38. The lowest BCUT2D eigenvalue weighted by molar-refractivity contribution is -0.132. The number of guanidine groups is 1. The van der Waals surface area contributed by atoms with E-state index in [0.717, 1.165) is 11.3 Å². The zero-order valence-corrected chi connectivity index (χ0v) is 12.6. The van der Waals surface area contributed by atoms with Crippen molar-refractivity contribution in [1.82, 2.24) is 20.4 Å². The number of halogens is 3. The van der Waals surface area contributed by atoms with Gasteiger partial charge in [0, 0.05) is 32.5 Å². The highest BCUT2D eigenvalue weighted by molar-refractivity contribution is 5.79. The lowest BCUT2D eigenvalue weighted by atomic mass is 10.2. The predicted molar refractivity (Wildman–Crippen MR) is 82.4 cm³/mol.